The van der Waals surface area contributed by atoms with E-state index in [0.717, 1.165) is 0 Å². The van der Waals surface area contributed by atoms with Crippen molar-refractivity contribution in [1.82, 2.24) is 0 Å². The van der Waals surface area contributed by atoms with Crippen LogP contribution >= 0.6 is 11.6 Å². The summed E-state index contributed by atoms with van der Waals surface area (Å²) in [5.74, 6) is 0.623. The van der Waals surface area contributed by atoms with Crippen molar-refractivity contribution in [1.29, 1.82) is 0 Å². The van der Waals surface area contributed by atoms with Crippen molar-refractivity contribution in [2.75, 3.05) is 13.2 Å². The van der Waals surface area contributed by atoms with Crippen LogP contribution in [-0.4, -0.2) is 58.1 Å². The molecular weight excluding hydrogens is 415 g/mol. The number of aliphatic hydroxyl groups excluding tert-OH is 4. The first-order valence-corrected chi connectivity index (χ1v) is 10.1. The van der Waals surface area contributed by atoms with Crippen molar-refractivity contribution in [2.45, 2.75) is 50.0 Å². The molecule has 4 N–H and O–H groups in total. The van der Waals surface area contributed by atoms with Crippen LogP contribution < -0.4 is 4.74 Å². The van der Waals surface area contributed by atoms with Crippen molar-refractivity contribution in [3.05, 3.63) is 64.2 Å². The Morgan fingerprint density at radius 2 is 1.73 bits per heavy atom. The lowest BCUT2D eigenvalue weighted by atomic mass is 9.86. The second-order valence-electron chi connectivity index (χ2n) is 7.45. The summed E-state index contributed by atoms with van der Waals surface area (Å²) >= 11 is 6.30. The molecule has 1 saturated heterocycles. The Morgan fingerprint density at radius 3 is 2.33 bits per heavy atom. The Balaban J connectivity index is 1.96. The van der Waals surface area contributed by atoms with Crippen LogP contribution in [-0.2, 0) is 10.4 Å². The molecule has 0 bridgehead atoms. The second-order valence-corrected chi connectivity index (χ2v) is 7.86. The molecule has 0 saturated carbocycles. The van der Waals surface area contributed by atoms with Gasteiger partial charge >= 0.3 is 0 Å². The first-order valence-electron chi connectivity index (χ1n) is 9.73. The lowest BCUT2D eigenvalue weighted by Gasteiger charge is -2.40. The van der Waals surface area contributed by atoms with E-state index >= 15 is 4.39 Å². The van der Waals surface area contributed by atoms with Crippen molar-refractivity contribution in [3.63, 3.8) is 0 Å². The van der Waals surface area contributed by atoms with Crippen molar-refractivity contribution < 1.29 is 34.3 Å². The molecule has 1 unspecified atom stereocenters. The summed E-state index contributed by atoms with van der Waals surface area (Å²) in [7, 11) is 0. The summed E-state index contributed by atoms with van der Waals surface area (Å²) in [6.45, 7) is 3.19. The van der Waals surface area contributed by atoms with Crippen molar-refractivity contribution in [2.24, 2.45) is 0 Å². The highest BCUT2D eigenvalue weighted by Gasteiger charge is 2.44. The van der Waals surface area contributed by atoms with E-state index in [1.54, 1.807) is 30.3 Å². The summed E-state index contributed by atoms with van der Waals surface area (Å²) in [5, 5.41) is 40.0. The smallest absolute Gasteiger partial charge is 0.159 e. The molecule has 2 aromatic carbocycles. The van der Waals surface area contributed by atoms with Gasteiger partial charge in [0.1, 0.15) is 36.3 Å². The van der Waals surface area contributed by atoms with E-state index in [1.165, 1.54) is 19.1 Å². The fraction of sp³-hybridized carbons (Fsp3) is 0.455. The number of halogens is 2. The van der Waals surface area contributed by atoms with Crippen molar-refractivity contribution >= 4 is 11.6 Å². The topological polar surface area (TPSA) is 99.4 Å². The molecule has 2 aromatic rings. The normalized spacial score (nSPS) is 28.7. The number of benzene rings is 2. The van der Waals surface area contributed by atoms with Gasteiger partial charge in [-0.2, -0.15) is 0 Å². The van der Waals surface area contributed by atoms with Crippen LogP contribution in [0.3, 0.4) is 0 Å². The number of hydrogen-bond donors (Lipinski definition) is 4. The molecule has 6 atom stereocenters. The van der Waals surface area contributed by atoms with Gasteiger partial charge in [0.2, 0.25) is 0 Å². The van der Waals surface area contributed by atoms with Gasteiger partial charge < -0.3 is 29.9 Å². The third-order valence-corrected chi connectivity index (χ3v) is 5.75. The Labute approximate surface area is 179 Å². The molecular formula is C22H26ClFO6. The summed E-state index contributed by atoms with van der Waals surface area (Å²) in [5.41, 5.74) is -1.09. The third-order valence-electron chi connectivity index (χ3n) is 5.42. The first-order chi connectivity index (χ1) is 14.2. The minimum atomic E-state index is -1.97. The van der Waals surface area contributed by atoms with Gasteiger partial charge in [-0.3, -0.25) is 0 Å². The van der Waals surface area contributed by atoms with E-state index in [0.29, 0.717) is 23.5 Å². The molecule has 3 rings (SSSR count). The molecule has 6 nitrogen and oxygen atoms in total. The lowest BCUT2D eigenvalue weighted by Crippen LogP contribution is -2.55. The van der Waals surface area contributed by atoms with Crippen LogP contribution in [0.15, 0.2) is 42.5 Å². The highest BCUT2D eigenvalue weighted by Crippen LogP contribution is 2.41. The van der Waals surface area contributed by atoms with Crippen molar-refractivity contribution in [3.8, 4) is 5.75 Å². The minimum absolute atomic E-state index is 0.155. The Hall–Kier alpha value is -1.74. The second kappa shape index (κ2) is 9.18. The maximum absolute atomic E-state index is 15.9. The van der Waals surface area contributed by atoms with Gasteiger partial charge in [-0.25, -0.2) is 4.39 Å². The Kier molecular flexibility index (Phi) is 7.02. The average Bonchev–Trinajstić information content (AvgIpc) is 2.73. The molecule has 0 radical (unpaired) electrons. The number of rotatable bonds is 6. The monoisotopic (exact) mass is 440 g/mol. The third kappa shape index (κ3) is 4.32. The zero-order valence-electron chi connectivity index (χ0n) is 16.7. The molecule has 0 aromatic heterocycles. The number of alkyl halides is 1. The molecule has 1 aliphatic heterocycles. The molecule has 164 valence electrons. The Bertz CT molecular complexity index is 857. The molecule has 0 aliphatic carbocycles. The van der Waals surface area contributed by atoms with Gasteiger partial charge in [0.05, 0.1) is 13.2 Å². The molecule has 1 heterocycles. The first kappa shape index (κ1) is 22.9. The fourth-order valence-corrected chi connectivity index (χ4v) is 3.94. The molecule has 30 heavy (non-hydrogen) atoms. The van der Waals surface area contributed by atoms with E-state index in [1.807, 2.05) is 6.92 Å². The maximum Gasteiger partial charge on any atom is 0.159 e. The van der Waals surface area contributed by atoms with E-state index in [2.05, 4.69) is 0 Å². The summed E-state index contributed by atoms with van der Waals surface area (Å²) in [6, 6.07) is 11.1. The number of hydrogen-bond acceptors (Lipinski definition) is 6. The highest BCUT2D eigenvalue weighted by atomic mass is 35.5. The lowest BCUT2D eigenvalue weighted by molar-refractivity contribution is -0.231. The minimum Gasteiger partial charge on any atom is -0.494 e. The molecule has 0 spiro atoms. The van der Waals surface area contributed by atoms with Gasteiger partial charge in [-0.15, -0.1) is 0 Å². The van der Waals surface area contributed by atoms with Gasteiger partial charge in [0.25, 0.3) is 0 Å². The predicted molar refractivity (Wildman–Crippen MR) is 109 cm³/mol. The van der Waals surface area contributed by atoms with Crippen LogP contribution in [0.2, 0.25) is 5.02 Å². The number of ether oxygens (including phenoxy) is 2. The average molecular weight is 441 g/mol. The van der Waals surface area contributed by atoms with Crippen LogP contribution in [0.25, 0.3) is 0 Å². The van der Waals surface area contributed by atoms with Crippen LogP contribution in [0, 0.1) is 0 Å². The fourth-order valence-electron chi connectivity index (χ4n) is 3.64. The largest absolute Gasteiger partial charge is 0.494 e. The zero-order chi connectivity index (χ0) is 22.1. The Morgan fingerprint density at radius 1 is 1.07 bits per heavy atom. The van der Waals surface area contributed by atoms with Gasteiger partial charge in [-0.1, -0.05) is 29.8 Å². The quantitative estimate of drug-likeness (QED) is 0.551. The van der Waals surface area contributed by atoms with E-state index in [9.17, 15) is 20.4 Å². The predicted octanol–water partition coefficient (Wildman–Crippen LogP) is 2.49. The summed E-state index contributed by atoms with van der Waals surface area (Å²) in [6.07, 6.45) is -6.59. The summed E-state index contributed by atoms with van der Waals surface area (Å²) < 4.78 is 26.9. The summed E-state index contributed by atoms with van der Waals surface area (Å²) in [4.78, 5) is 0. The van der Waals surface area contributed by atoms with E-state index in [-0.39, 0.29) is 10.6 Å². The molecule has 8 heteroatoms. The SMILES string of the molecule is CCOc1ccc(C(C)(F)c2cc([C@@H]3O[C@H](CO)[C@@H](O)[C@H](O)[C@H]3O)ccc2Cl)cc1. The highest BCUT2D eigenvalue weighted by molar-refractivity contribution is 6.31. The van der Waals surface area contributed by atoms with Gasteiger partial charge in [-0.05, 0) is 49.2 Å². The van der Waals surface area contributed by atoms with Gasteiger partial charge in [0.15, 0.2) is 5.67 Å². The van der Waals surface area contributed by atoms with E-state index in [4.69, 9.17) is 21.1 Å². The standard InChI is InChI=1S/C22H26ClFO6/c1-3-29-14-7-5-13(6-8-14)22(2,24)15-10-12(4-9-16(15)23)21-20(28)19(27)18(26)17(11-25)30-21/h4-10,17-21,25-28H,3,11H2,1-2H3/t17-,18-,19+,20-,21+,22?/m1/s1. The van der Waals surface area contributed by atoms with Crippen LogP contribution in [0.4, 0.5) is 4.39 Å². The molecule has 1 fully saturated rings. The van der Waals surface area contributed by atoms with Crippen LogP contribution in [0.1, 0.15) is 36.6 Å². The van der Waals surface area contributed by atoms with Crippen LogP contribution in [0.5, 0.6) is 5.75 Å². The zero-order valence-corrected chi connectivity index (χ0v) is 17.5. The van der Waals surface area contributed by atoms with Gasteiger partial charge in [0, 0.05) is 10.6 Å². The molecule has 1 aliphatic rings. The molecule has 0 amide bonds. The maximum atomic E-state index is 15.9. The van der Waals surface area contributed by atoms with E-state index < -0.39 is 42.8 Å². The number of aliphatic hydroxyl groups is 4.